The molecule has 1 amide bonds. The maximum Gasteiger partial charge on any atom is 0.240 e. The Balaban J connectivity index is 2.39. The summed E-state index contributed by atoms with van der Waals surface area (Å²) in [7, 11) is 3.53. The summed E-state index contributed by atoms with van der Waals surface area (Å²) in [5.41, 5.74) is 0. The highest BCUT2D eigenvalue weighted by Crippen LogP contribution is 2.07. The molecule has 1 aliphatic rings. The van der Waals surface area contributed by atoms with Crippen LogP contribution in [0, 0.1) is 0 Å². The van der Waals surface area contributed by atoms with Crippen molar-refractivity contribution in [2.45, 2.75) is 31.9 Å². The van der Waals surface area contributed by atoms with Gasteiger partial charge in [0.15, 0.2) is 0 Å². The predicted octanol–water partition coefficient (Wildman–Crippen LogP) is -0.474. The molecular weight excluding hydrogens is 258 g/mol. The number of amides is 1. The largest absolute Gasteiger partial charge is 0.389 e. The van der Waals surface area contributed by atoms with Crippen LogP contribution in [0.1, 0.15) is 19.8 Å². The first-order valence-electron chi connectivity index (χ1n) is 7.48. The number of aliphatic hydroxyl groups is 1. The second-order valence-corrected chi connectivity index (χ2v) is 5.53. The Hall–Kier alpha value is -0.690. The van der Waals surface area contributed by atoms with Crippen LogP contribution < -0.4 is 5.32 Å². The third-order valence-corrected chi connectivity index (χ3v) is 3.48. The molecule has 0 aromatic heterocycles. The number of piperazine rings is 1. The summed E-state index contributed by atoms with van der Waals surface area (Å²) in [4.78, 5) is 15.8. The minimum absolute atomic E-state index is 0.0799. The van der Waals surface area contributed by atoms with Crippen molar-refractivity contribution in [3.05, 3.63) is 0 Å². The molecule has 1 fully saturated rings. The number of aliphatic hydroxyl groups excluding tert-OH is 1. The summed E-state index contributed by atoms with van der Waals surface area (Å²) >= 11 is 0. The smallest absolute Gasteiger partial charge is 0.240 e. The van der Waals surface area contributed by atoms with Crippen LogP contribution in [0.25, 0.3) is 0 Å². The van der Waals surface area contributed by atoms with Gasteiger partial charge in [0.1, 0.15) is 6.04 Å². The van der Waals surface area contributed by atoms with Gasteiger partial charge < -0.3 is 20.1 Å². The first-order valence-corrected chi connectivity index (χ1v) is 7.48. The van der Waals surface area contributed by atoms with E-state index in [1.807, 2.05) is 4.90 Å². The summed E-state index contributed by atoms with van der Waals surface area (Å²) in [6.45, 7) is 5.88. The minimum Gasteiger partial charge on any atom is -0.389 e. The van der Waals surface area contributed by atoms with Crippen molar-refractivity contribution >= 4 is 5.91 Å². The Morgan fingerprint density at radius 2 is 2.30 bits per heavy atom. The van der Waals surface area contributed by atoms with Crippen LogP contribution >= 0.6 is 0 Å². The van der Waals surface area contributed by atoms with Crippen molar-refractivity contribution in [1.82, 2.24) is 15.1 Å². The molecule has 2 atom stereocenters. The van der Waals surface area contributed by atoms with Gasteiger partial charge in [0.05, 0.1) is 12.7 Å². The molecule has 6 nitrogen and oxygen atoms in total. The second-order valence-electron chi connectivity index (χ2n) is 5.53. The number of carbonyl (C=O) groups is 1. The van der Waals surface area contributed by atoms with E-state index in [9.17, 15) is 9.90 Å². The molecule has 0 spiro atoms. The van der Waals surface area contributed by atoms with Crippen LogP contribution in [-0.2, 0) is 9.53 Å². The molecule has 6 heteroatoms. The summed E-state index contributed by atoms with van der Waals surface area (Å²) in [6.07, 6.45) is 1.57. The normalized spacial score (nSPS) is 21.7. The maximum atomic E-state index is 12.1. The molecule has 0 bridgehead atoms. The van der Waals surface area contributed by atoms with Gasteiger partial charge in [-0.1, -0.05) is 13.3 Å². The van der Waals surface area contributed by atoms with E-state index >= 15 is 0 Å². The fourth-order valence-electron chi connectivity index (χ4n) is 2.30. The SMILES string of the molecule is CCCCOCC(O)CN1CCNCC1C(=O)N(C)C. The molecule has 1 saturated heterocycles. The van der Waals surface area contributed by atoms with Gasteiger partial charge in [0.2, 0.25) is 5.91 Å². The fraction of sp³-hybridized carbons (Fsp3) is 0.929. The van der Waals surface area contributed by atoms with Gasteiger partial charge in [-0.2, -0.15) is 0 Å². The molecule has 118 valence electrons. The molecule has 1 rings (SSSR count). The molecule has 2 unspecified atom stereocenters. The van der Waals surface area contributed by atoms with E-state index in [1.165, 1.54) is 0 Å². The molecule has 0 aliphatic carbocycles. The standard InChI is InChI=1S/C14H29N3O3/c1-4-5-8-20-11-12(18)10-17-7-6-15-9-13(17)14(19)16(2)3/h12-13,15,18H,4-11H2,1-3H3. The first kappa shape index (κ1) is 17.4. The lowest BCUT2D eigenvalue weighted by molar-refractivity contribution is -0.135. The van der Waals surface area contributed by atoms with Gasteiger partial charge in [-0.05, 0) is 6.42 Å². The number of ether oxygens (including phenoxy) is 1. The molecule has 0 aromatic carbocycles. The Labute approximate surface area is 122 Å². The van der Waals surface area contributed by atoms with Crippen molar-refractivity contribution < 1.29 is 14.6 Å². The second kappa shape index (κ2) is 9.28. The third-order valence-electron chi connectivity index (χ3n) is 3.48. The lowest BCUT2D eigenvalue weighted by Crippen LogP contribution is -2.59. The van der Waals surface area contributed by atoms with E-state index < -0.39 is 6.10 Å². The van der Waals surface area contributed by atoms with E-state index in [-0.39, 0.29) is 11.9 Å². The van der Waals surface area contributed by atoms with Crippen LogP contribution in [0.5, 0.6) is 0 Å². The number of unbranched alkanes of at least 4 members (excludes halogenated alkanes) is 1. The number of hydrogen-bond acceptors (Lipinski definition) is 5. The number of nitrogens with one attached hydrogen (secondary N) is 1. The van der Waals surface area contributed by atoms with Crippen molar-refractivity contribution in [2.75, 3.05) is 53.5 Å². The molecular formula is C14H29N3O3. The Bertz CT molecular complexity index is 287. The van der Waals surface area contributed by atoms with Crippen molar-refractivity contribution in [3.8, 4) is 0 Å². The van der Waals surface area contributed by atoms with Crippen LogP contribution in [0.2, 0.25) is 0 Å². The lowest BCUT2D eigenvalue weighted by atomic mass is 10.1. The van der Waals surface area contributed by atoms with E-state index in [1.54, 1.807) is 19.0 Å². The number of β-amino-alcohol motifs (C(OH)–C–C–N with tert-alkyl or cyclic N) is 1. The zero-order valence-electron chi connectivity index (χ0n) is 13.0. The summed E-state index contributed by atoms with van der Waals surface area (Å²) in [5, 5.41) is 13.3. The molecule has 0 saturated carbocycles. The summed E-state index contributed by atoms with van der Waals surface area (Å²) in [5.74, 6) is 0.0799. The highest BCUT2D eigenvalue weighted by molar-refractivity contribution is 5.81. The van der Waals surface area contributed by atoms with E-state index in [0.29, 0.717) is 26.3 Å². The topological polar surface area (TPSA) is 65.0 Å². The number of carbonyl (C=O) groups excluding carboxylic acids is 1. The molecule has 0 aromatic rings. The summed E-state index contributed by atoms with van der Waals surface area (Å²) < 4.78 is 5.43. The molecule has 0 radical (unpaired) electrons. The van der Waals surface area contributed by atoms with E-state index in [4.69, 9.17) is 4.74 Å². The molecule has 2 N–H and O–H groups in total. The van der Waals surface area contributed by atoms with E-state index in [0.717, 1.165) is 25.9 Å². The van der Waals surface area contributed by atoms with Gasteiger partial charge in [0, 0.05) is 46.9 Å². The van der Waals surface area contributed by atoms with Gasteiger partial charge in [-0.3, -0.25) is 9.69 Å². The maximum absolute atomic E-state index is 12.1. The number of nitrogens with zero attached hydrogens (tertiary/aromatic N) is 2. The van der Waals surface area contributed by atoms with Crippen LogP contribution in [0.15, 0.2) is 0 Å². The van der Waals surface area contributed by atoms with Crippen molar-refractivity contribution in [1.29, 1.82) is 0 Å². The van der Waals surface area contributed by atoms with Gasteiger partial charge in [0.25, 0.3) is 0 Å². The molecule has 1 aliphatic heterocycles. The highest BCUT2D eigenvalue weighted by atomic mass is 16.5. The molecule has 1 heterocycles. The van der Waals surface area contributed by atoms with Crippen LogP contribution in [0.3, 0.4) is 0 Å². The third kappa shape index (κ3) is 5.75. The number of rotatable bonds is 8. The van der Waals surface area contributed by atoms with Crippen molar-refractivity contribution in [2.24, 2.45) is 0 Å². The molecule has 20 heavy (non-hydrogen) atoms. The average molecular weight is 287 g/mol. The summed E-state index contributed by atoms with van der Waals surface area (Å²) in [6, 6.07) is -0.191. The lowest BCUT2D eigenvalue weighted by Gasteiger charge is -2.37. The van der Waals surface area contributed by atoms with Gasteiger partial charge in [-0.25, -0.2) is 0 Å². The average Bonchev–Trinajstić information content (AvgIpc) is 2.43. The Morgan fingerprint density at radius 1 is 1.55 bits per heavy atom. The monoisotopic (exact) mass is 287 g/mol. The quantitative estimate of drug-likeness (QED) is 0.591. The van der Waals surface area contributed by atoms with Crippen LogP contribution in [-0.4, -0.2) is 86.4 Å². The Morgan fingerprint density at radius 3 is 2.95 bits per heavy atom. The number of likely N-dealkylation sites (N-methyl/N-ethyl adjacent to an activating group) is 1. The fourth-order valence-corrected chi connectivity index (χ4v) is 2.30. The zero-order chi connectivity index (χ0) is 15.0. The van der Waals surface area contributed by atoms with Gasteiger partial charge in [-0.15, -0.1) is 0 Å². The minimum atomic E-state index is -0.539. The van der Waals surface area contributed by atoms with Crippen molar-refractivity contribution in [3.63, 3.8) is 0 Å². The Kier molecular flexibility index (Phi) is 8.06. The highest BCUT2D eigenvalue weighted by Gasteiger charge is 2.30. The zero-order valence-corrected chi connectivity index (χ0v) is 13.0. The van der Waals surface area contributed by atoms with Gasteiger partial charge >= 0.3 is 0 Å². The first-order chi connectivity index (χ1) is 9.56. The predicted molar refractivity (Wildman–Crippen MR) is 78.7 cm³/mol. The number of hydrogen-bond donors (Lipinski definition) is 2. The van der Waals surface area contributed by atoms with E-state index in [2.05, 4.69) is 12.2 Å². The van der Waals surface area contributed by atoms with Crippen LogP contribution in [0.4, 0.5) is 0 Å².